The number of nitroso groups, excluding NO2 is 1. The summed E-state index contributed by atoms with van der Waals surface area (Å²) in [5, 5.41) is 9.23. The predicted octanol–water partition coefficient (Wildman–Crippen LogP) is 5.67. The molecule has 3 atom stereocenters. The summed E-state index contributed by atoms with van der Waals surface area (Å²) >= 11 is 6.17. The molecule has 1 aliphatic heterocycles. The average Bonchev–Trinajstić information content (AvgIpc) is 3.10. The summed E-state index contributed by atoms with van der Waals surface area (Å²) in [4.78, 5) is 31.7. The van der Waals surface area contributed by atoms with E-state index in [9.17, 15) is 9.70 Å². The smallest absolute Gasteiger partial charge is 0.222 e. The van der Waals surface area contributed by atoms with Crippen LogP contribution in [0, 0.1) is 4.91 Å². The highest BCUT2D eigenvalue weighted by molar-refractivity contribution is 6.30. The maximum atomic E-state index is 13.2. The van der Waals surface area contributed by atoms with E-state index < -0.39 is 18.4 Å². The van der Waals surface area contributed by atoms with Crippen molar-refractivity contribution in [3.05, 3.63) is 112 Å². The number of carbonyl (C=O) groups is 1. The molecule has 0 saturated carbocycles. The number of nitrogens with one attached hydrogen (secondary N) is 1. The standard InChI is InChI=1S/C32H32ClN5O3/c1-20(37-40)38-29-14-13-26(41-2)18-27(29)31(23-9-11-25(33)12-10-23)36-28(32(38)34)19-30(39)35-16-15-21-7-8-22-5-3-4-6-24(22)17-21/h3-14,17-18,20,28,32H,15-16,19,34H2,1-2H3,(H,35,39)/t20?,28-,32?/m0/s1. The summed E-state index contributed by atoms with van der Waals surface area (Å²) in [6.07, 6.45) is -0.861. The van der Waals surface area contributed by atoms with Crippen LogP contribution in [0.5, 0.6) is 5.75 Å². The van der Waals surface area contributed by atoms with Gasteiger partial charge in [-0.1, -0.05) is 66.2 Å². The van der Waals surface area contributed by atoms with Crippen LogP contribution in [-0.2, 0) is 11.2 Å². The molecule has 0 bridgehead atoms. The number of hydrogen-bond donors (Lipinski definition) is 2. The number of amides is 1. The summed E-state index contributed by atoms with van der Waals surface area (Å²) in [5.41, 5.74) is 10.7. The number of carbonyl (C=O) groups excluding carboxylic acids is 1. The monoisotopic (exact) mass is 569 g/mol. The van der Waals surface area contributed by atoms with Gasteiger partial charge < -0.3 is 20.7 Å². The normalized spacial score (nSPS) is 17.3. The van der Waals surface area contributed by atoms with Gasteiger partial charge in [0.1, 0.15) is 11.9 Å². The van der Waals surface area contributed by atoms with Gasteiger partial charge in [-0.2, -0.15) is 0 Å². The molecule has 3 N–H and O–H groups in total. The van der Waals surface area contributed by atoms with Gasteiger partial charge in [-0.25, -0.2) is 0 Å². The van der Waals surface area contributed by atoms with Gasteiger partial charge in [0.25, 0.3) is 0 Å². The molecule has 0 radical (unpaired) electrons. The van der Waals surface area contributed by atoms with Gasteiger partial charge in [-0.3, -0.25) is 9.79 Å². The largest absolute Gasteiger partial charge is 0.497 e. The van der Waals surface area contributed by atoms with Crippen molar-refractivity contribution in [3.63, 3.8) is 0 Å². The van der Waals surface area contributed by atoms with Gasteiger partial charge in [0, 0.05) is 28.4 Å². The lowest BCUT2D eigenvalue weighted by Crippen LogP contribution is -2.53. The summed E-state index contributed by atoms with van der Waals surface area (Å²) in [6.45, 7) is 2.15. The molecule has 5 rings (SSSR count). The molecule has 1 heterocycles. The van der Waals surface area contributed by atoms with Crippen molar-refractivity contribution < 1.29 is 9.53 Å². The Labute approximate surface area is 244 Å². The van der Waals surface area contributed by atoms with E-state index in [1.54, 1.807) is 37.1 Å². The molecule has 8 nitrogen and oxygen atoms in total. The molecule has 0 aromatic heterocycles. The van der Waals surface area contributed by atoms with E-state index in [0.717, 1.165) is 16.7 Å². The number of methoxy groups -OCH3 is 1. The lowest BCUT2D eigenvalue weighted by molar-refractivity contribution is -0.121. The molecular formula is C32H32ClN5O3. The first-order valence-corrected chi connectivity index (χ1v) is 13.9. The lowest BCUT2D eigenvalue weighted by atomic mass is 9.99. The van der Waals surface area contributed by atoms with Gasteiger partial charge in [0.15, 0.2) is 6.17 Å². The van der Waals surface area contributed by atoms with Crippen molar-refractivity contribution in [2.45, 2.75) is 38.1 Å². The first-order chi connectivity index (χ1) is 19.9. The van der Waals surface area contributed by atoms with Gasteiger partial charge >= 0.3 is 0 Å². The Balaban J connectivity index is 1.42. The Morgan fingerprint density at radius 1 is 1.07 bits per heavy atom. The van der Waals surface area contributed by atoms with Crippen LogP contribution in [0.3, 0.4) is 0 Å². The van der Waals surface area contributed by atoms with Crippen molar-refractivity contribution >= 4 is 39.7 Å². The van der Waals surface area contributed by atoms with Gasteiger partial charge in [-0.05, 0) is 65.2 Å². The lowest BCUT2D eigenvalue weighted by Gasteiger charge is -2.35. The van der Waals surface area contributed by atoms with E-state index in [2.05, 4.69) is 40.8 Å². The van der Waals surface area contributed by atoms with Crippen LogP contribution in [0.1, 0.15) is 30.0 Å². The van der Waals surface area contributed by atoms with E-state index in [4.69, 9.17) is 27.1 Å². The maximum absolute atomic E-state index is 13.2. The third-order valence-electron chi connectivity index (χ3n) is 7.36. The van der Waals surface area contributed by atoms with Crippen LogP contribution < -0.4 is 20.7 Å². The SMILES string of the molecule is COc1ccc2c(c1)C(c1ccc(Cl)cc1)=N[C@@H](CC(=O)NCCc1ccc3ccccc3c1)C(N)N2C(C)N=O. The molecule has 1 amide bonds. The number of rotatable bonds is 9. The second-order valence-corrected chi connectivity index (χ2v) is 10.5. The molecule has 41 heavy (non-hydrogen) atoms. The van der Waals surface area contributed by atoms with Crippen molar-refractivity contribution in [3.8, 4) is 5.75 Å². The fraction of sp³-hybridized carbons (Fsp3) is 0.250. The number of hydrogen-bond acceptors (Lipinski definition) is 7. The number of aliphatic imine (C=N–C) groups is 1. The van der Waals surface area contributed by atoms with E-state index in [1.807, 2.05) is 36.4 Å². The quantitative estimate of drug-likeness (QED) is 0.252. The Morgan fingerprint density at radius 2 is 1.83 bits per heavy atom. The second kappa shape index (κ2) is 12.5. The molecule has 0 saturated heterocycles. The molecule has 1 aliphatic rings. The Kier molecular flexibility index (Phi) is 8.61. The fourth-order valence-electron chi connectivity index (χ4n) is 5.22. The summed E-state index contributed by atoms with van der Waals surface area (Å²) in [5.74, 6) is 0.441. The van der Waals surface area contributed by atoms with E-state index in [1.165, 1.54) is 10.8 Å². The fourth-order valence-corrected chi connectivity index (χ4v) is 5.35. The van der Waals surface area contributed by atoms with Crippen molar-refractivity contribution in [2.75, 3.05) is 18.6 Å². The Morgan fingerprint density at radius 3 is 2.56 bits per heavy atom. The first kappa shape index (κ1) is 28.3. The number of fused-ring (bicyclic) bond motifs is 2. The highest BCUT2D eigenvalue weighted by Gasteiger charge is 2.35. The van der Waals surface area contributed by atoms with Crippen molar-refractivity contribution in [2.24, 2.45) is 15.9 Å². The minimum atomic E-state index is -0.796. The molecule has 210 valence electrons. The van der Waals surface area contributed by atoms with Crippen molar-refractivity contribution in [1.29, 1.82) is 0 Å². The second-order valence-electron chi connectivity index (χ2n) is 10.1. The van der Waals surface area contributed by atoms with Crippen LogP contribution in [0.4, 0.5) is 5.69 Å². The van der Waals surface area contributed by atoms with Gasteiger partial charge in [0.05, 0.1) is 25.3 Å². The van der Waals surface area contributed by atoms with Crippen LogP contribution in [-0.4, -0.2) is 43.6 Å². The van der Waals surface area contributed by atoms with E-state index in [-0.39, 0.29) is 12.3 Å². The molecule has 2 unspecified atom stereocenters. The number of benzene rings is 4. The van der Waals surface area contributed by atoms with Crippen LogP contribution in [0.15, 0.2) is 95.1 Å². The third-order valence-corrected chi connectivity index (χ3v) is 7.62. The zero-order chi connectivity index (χ0) is 28.9. The highest BCUT2D eigenvalue weighted by atomic mass is 35.5. The zero-order valence-corrected chi connectivity index (χ0v) is 23.7. The Hall–Kier alpha value is -4.27. The molecule has 4 aromatic rings. The summed E-state index contributed by atoms with van der Waals surface area (Å²) in [6, 6.07) is 26.6. The minimum Gasteiger partial charge on any atom is -0.497 e. The Bertz CT molecular complexity index is 1590. The minimum absolute atomic E-state index is 0.0309. The van der Waals surface area contributed by atoms with Crippen LogP contribution in [0.25, 0.3) is 10.8 Å². The van der Waals surface area contributed by atoms with Crippen LogP contribution >= 0.6 is 11.6 Å². The molecule has 4 aromatic carbocycles. The topological polar surface area (TPSA) is 109 Å². The number of benzodiazepines with no additional fused rings is 1. The maximum Gasteiger partial charge on any atom is 0.222 e. The molecule has 0 aliphatic carbocycles. The molecule has 9 heteroatoms. The zero-order valence-electron chi connectivity index (χ0n) is 23.0. The van der Waals surface area contributed by atoms with E-state index in [0.29, 0.717) is 35.1 Å². The average molecular weight is 570 g/mol. The third kappa shape index (κ3) is 6.24. The summed E-state index contributed by atoms with van der Waals surface area (Å²) < 4.78 is 5.49. The molecular weight excluding hydrogens is 538 g/mol. The number of nitrogens with two attached hydrogens (primary N) is 1. The number of anilines is 1. The first-order valence-electron chi connectivity index (χ1n) is 13.5. The highest BCUT2D eigenvalue weighted by Crippen LogP contribution is 2.35. The van der Waals surface area contributed by atoms with Gasteiger partial charge in [-0.15, -0.1) is 4.91 Å². The van der Waals surface area contributed by atoms with Gasteiger partial charge in [0.2, 0.25) is 5.91 Å². The number of nitrogens with zero attached hydrogens (tertiary/aromatic N) is 3. The predicted molar refractivity (Wildman–Crippen MR) is 165 cm³/mol. The summed E-state index contributed by atoms with van der Waals surface area (Å²) in [7, 11) is 1.59. The number of ether oxygens (including phenoxy) is 1. The van der Waals surface area contributed by atoms with Crippen molar-refractivity contribution in [1.82, 2.24) is 5.32 Å². The number of halogens is 1. The van der Waals surface area contributed by atoms with Crippen LogP contribution in [0.2, 0.25) is 5.02 Å². The molecule has 0 fully saturated rings. The van der Waals surface area contributed by atoms with E-state index >= 15 is 0 Å². The molecule has 0 spiro atoms.